The maximum Gasteiger partial charge on any atom is 0.119 e. The number of thiol groups is 1. The lowest BCUT2D eigenvalue weighted by atomic mass is 10.1. The summed E-state index contributed by atoms with van der Waals surface area (Å²) in [5.74, 6) is 2.74. The first kappa shape index (κ1) is 29.2. The number of azo groups is 1. The molecule has 2 rings (SSSR count). The number of ether oxygens (including phenoxy) is 2. The molecular weight excluding hydrogens is 452 g/mol. The topological polar surface area (TPSA) is 43.2 Å². The van der Waals surface area contributed by atoms with Crippen molar-refractivity contribution in [3.63, 3.8) is 0 Å². The zero-order valence-corrected chi connectivity index (χ0v) is 22.7. The van der Waals surface area contributed by atoms with Crippen molar-refractivity contribution >= 4 is 24.0 Å². The molecule has 0 N–H and O–H groups in total. The van der Waals surface area contributed by atoms with Gasteiger partial charge < -0.3 is 9.47 Å². The van der Waals surface area contributed by atoms with Crippen LogP contribution in [0.15, 0.2) is 58.8 Å². The van der Waals surface area contributed by atoms with Crippen LogP contribution in [0.4, 0.5) is 11.4 Å². The normalized spacial score (nSPS) is 11.3. The zero-order chi connectivity index (χ0) is 24.8. The maximum atomic E-state index is 5.88. The van der Waals surface area contributed by atoms with E-state index in [1.807, 2.05) is 48.5 Å². The van der Waals surface area contributed by atoms with Crippen molar-refractivity contribution in [2.75, 3.05) is 19.0 Å². The van der Waals surface area contributed by atoms with Crippen molar-refractivity contribution in [3.05, 3.63) is 48.5 Å². The Balaban J connectivity index is 1.56. The molecule has 0 spiro atoms. The van der Waals surface area contributed by atoms with E-state index in [-0.39, 0.29) is 0 Å². The van der Waals surface area contributed by atoms with E-state index >= 15 is 0 Å². The van der Waals surface area contributed by atoms with Crippen molar-refractivity contribution in [2.45, 2.75) is 96.8 Å². The summed E-state index contributed by atoms with van der Waals surface area (Å²) in [6.07, 6.45) is 18.0. The third kappa shape index (κ3) is 14.9. The molecule has 0 amide bonds. The highest BCUT2D eigenvalue weighted by atomic mass is 32.1. The summed E-state index contributed by atoms with van der Waals surface area (Å²) in [7, 11) is 0. The van der Waals surface area contributed by atoms with Crippen molar-refractivity contribution in [3.8, 4) is 11.5 Å². The van der Waals surface area contributed by atoms with Gasteiger partial charge in [0.05, 0.1) is 24.6 Å². The van der Waals surface area contributed by atoms with Crippen LogP contribution in [-0.2, 0) is 0 Å². The van der Waals surface area contributed by atoms with Gasteiger partial charge in [0.15, 0.2) is 0 Å². The fourth-order valence-electron chi connectivity index (χ4n) is 3.87. The molecule has 0 unspecified atom stereocenters. The Morgan fingerprint density at radius 2 is 0.886 bits per heavy atom. The second kappa shape index (κ2) is 20.2. The molecule has 194 valence electrons. The number of nitrogens with zero attached hydrogens (tertiary/aromatic N) is 2. The molecule has 0 aliphatic carbocycles. The minimum atomic E-state index is 0.751. The Morgan fingerprint density at radius 1 is 0.514 bits per heavy atom. The molecule has 2 aromatic carbocycles. The van der Waals surface area contributed by atoms with Crippen molar-refractivity contribution in [1.82, 2.24) is 0 Å². The van der Waals surface area contributed by atoms with Gasteiger partial charge in [-0.1, -0.05) is 77.6 Å². The van der Waals surface area contributed by atoms with Gasteiger partial charge in [0.1, 0.15) is 11.5 Å². The van der Waals surface area contributed by atoms with Gasteiger partial charge >= 0.3 is 0 Å². The summed E-state index contributed by atoms with van der Waals surface area (Å²) >= 11 is 4.24. The van der Waals surface area contributed by atoms with Gasteiger partial charge in [-0.2, -0.15) is 22.9 Å². The van der Waals surface area contributed by atoms with Gasteiger partial charge in [-0.05, 0) is 73.5 Å². The van der Waals surface area contributed by atoms with Crippen LogP contribution in [0, 0.1) is 0 Å². The van der Waals surface area contributed by atoms with Crippen molar-refractivity contribution in [2.24, 2.45) is 10.2 Å². The first-order chi connectivity index (χ1) is 17.3. The summed E-state index contributed by atoms with van der Waals surface area (Å²) in [6, 6.07) is 15.6. The number of benzene rings is 2. The lowest BCUT2D eigenvalue weighted by Gasteiger charge is -2.06. The Morgan fingerprint density at radius 3 is 1.29 bits per heavy atom. The highest BCUT2D eigenvalue weighted by molar-refractivity contribution is 7.80. The van der Waals surface area contributed by atoms with E-state index in [1.165, 1.54) is 77.0 Å². The molecule has 0 aliphatic rings. The van der Waals surface area contributed by atoms with Crippen LogP contribution >= 0.6 is 12.6 Å². The molecule has 0 aromatic heterocycles. The van der Waals surface area contributed by atoms with E-state index in [1.54, 1.807) is 0 Å². The second-order valence-corrected chi connectivity index (χ2v) is 9.65. The molecule has 35 heavy (non-hydrogen) atoms. The highest BCUT2D eigenvalue weighted by Crippen LogP contribution is 2.23. The predicted octanol–water partition coefficient (Wildman–Crippen LogP) is 10.3. The predicted molar refractivity (Wildman–Crippen MR) is 152 cm³/mol. The molecule has 0 heterocycles. The number of hydrogen-bond acceptors (Lipinski definition) is 5. The average Bonchev–Trinajstić information content (AvgIpc) is 2.89. The summed E-state index contributed by atoms with van der Waals surface area (Å²) in [5.41, 5.74) is 1.63. The van der Waals surface area contributed by atoms with E-state index in [2.05, 4.69) is 29.8 Å². The molecule has 2 aromatic rings. The highest BCUT2D eigenvalue weighted by Gasteiger charge is 1.98. The van der Waals surface area contributed by atoms with Crippen LogP contribution in [-0.4, -0.2) is 19.0 Å². The minimum Gasteiger partial charge on any atom is -0.494 e. The molecule has 0 bridgehead atoms. The first-order valence-electron chi connectivity index (χ1n) is 13.8. The number of unbranched alkanes of at least 4 members (excludes halogenated alkanes) is 12. The average molecular weight is 499 g/mol. The van der Waals surface area contributed by atoms with Gasteiger partial charge in [0.25, 0.3) is 0 Å². The molecule has 0 radical (unpaired) electrons. The van der Waals surface area contributed by atoms with Gasteiger partial charge in [0.2, 0.25) is 0 Å². The van der Waals surface area contributed by atoms with Gasteiger partial charge in [0, 0.05) is 0 Å². The van der Waals surface area contributed by atoms with Gasteiger partial charge in [-0.15, -0.1) is 0 Å². The van der Waals surface area contributed by atoms with E-state index in [9.17, 15) is 0 Å². The summed E-state index contributed by atoms with van der Waals surface area (Å²) in [5, 5.41) is 8.67. The first-order valence-corrected chi connectivity index (χ1v) is 14.4. The van der Waals surface area contributed by atoms with Crippen molar-refractivity contribution in [1.29, 1.82) is 0 Å². The van der Waals surface area contributed by atoms with Crippen molar-refractivity contribution < 1.29 is 9.47 Å². The van der Waals surface area contributed by atoms with E-state index < -0.39 is 0 Å². The molecule has 4 nitrogen and oxygen atoms in total. The molecule has 5 heteroatoms. The standard InChI is InChI=1S/C30H46N2O2S/c1-2-3-4-5-6-7-8-9-10-13-24-33-29-20-16-27(17-21-29)31-32-28-18-22-30(23-19-28)34-25-14-11-12-15-26-35/h16-23,35H,2-15,24-26H2,1H3. The van der Waals surface area contributed by atoms with Crippen LogP contribution in [0.3, 0.4) is 0 Å². The maximum absolute atomic E-state index is 5.88. The molecule has 0 saturated carbocycles. The Hall–Kier alpha value is -2.01. The lowest BCUT2D eigenvalue weighted by molar-refractivity contribution is 0.304. The fraction of sp³-hybridized carbons (Fsp3) is 0.600. The fourth-order valence-corrected chi connectivity index (χ4v) is 4.09. The van der Waals surface area contributed by atoms with Crippen LogP contribution in [0.5, 0.6) is 11.5 Å². The summed E-state index contributed by atoms with van der Waals surface area (Å²) in [4.78, 5) is 0. The SMILES string of the molecule is CCCCCCCCCCCCOc1ccc(N=Nc2ccc(OCCCCCCS)cc2)cc1. The number of hydrogen-bond donors (Lipinski definition) is 1. The summed E-state index contributed by atoms with van der Waals surface area (Å²) < 4.78 is 11.7. The smallest absolute Gasteiger partial charge is 0.119 e. The van der Waals surface area contributed by atoms with E-state index in [0.29, 0.717) is 0 Å². The summed E-state index contributed by atoms with van der Waals surface area (Å²) in [6.45, 7) is 3.80. The largest absolute Gasteiger partial charge is 0.494 e. The molecule has 0 fully saturated rings. The lowest BCUT2D eigenvalue weighted by Crippen LogP contribution is -1.97. The molecular formula is C30H46N2O2S. The van der Waals surface area contributed by atoms with Gasteiger partial charge in [-0.3, -0.25) is 0 Å². The molecule has 0 saturated heterocycles. The monoisotopic (exact) mass is 498 g/mol. The number of rotatable bonds is 21. The zero-order valence-electron chi connectivity index (χ0n) is 21.8. The third-order valence-electron chi connectivity index (χ3n) is 6.04. The van der Waals surface area contributed by atoms with Crippen LogP contribution in [0.25, 0.3) is 0 Å². The Labute approximate surface area is 219 Å². The van der Waals surface area contributed by atoms with E-state index in [4.69, 9.17) is 9.47 Å². The van der Waals surface area contributed by atoms with E-state index in [0.717, 1.165) is 54.7 Å². The minimum absolute atomic E-state index is 0.751. The van der Waals surface area contributed by atoms with Crippen LogP contribution in [0.1, 0.15) is 96.8 Å². The van der Waals surface area contributed by atoms with Crippen LogP contribution < -0.4 is 9.47 Å². The third-order valence-corrected chi connectivity index (χ3v) is 6.36. The quantitative estimate of drug-likeness (QED) is 0.106. The molecule has 0 atom stereocenters. The Bertz CT molecular complexity index is 778. The molecule has 0 aliphatic heterocycles. The van der Waals surface area contributed by atoms with Crippen LogP contribution in [0.2, 0.25) is 0 Å². The van der Waals surface area contributed by atoms with Gasteiger partial charge in [-0.25, -0.2) is 0 Å². The second-order valence-electron chi connectivity index (χ2n) is 9.20. The Kier molecular flexibility index (Phi) is 16.9.